The van der Waals surface area contributed by atoms with E-state index in [1.807, 2.05) is 32.0 Å². The van der Waals surface area contributed by atoms with Crippen LogP contribution in [-0.4, -0.2) is 20.1 Å². The number of carbonyl (C=O) groups excluding carboxylic acids is 1. The Balaban J connectivity index is 2.39. The zero-order valence-corrected chi connectivity index (χ0v) is 14.4. The van der Waals surface area contributed by atoms with E-state index in [9.17, 15) is 13.2 Å². The molecule has 0 saturated carbocycles. The number of hydrogen-bond donors (Lipinski definition) is 1. The highest BCUT2D eigenvalue weighted by molar-refractivity contribution is 7.91. The van der Waals surface area contributed by atoms with Gasteiger partial charge in [-0.25, -0.2) is 8.42 Å². The lowest BCUT2D eigenvalue weighted by molar-refractivity contribution is 0.102. The summed E-state index contributed by atoms with van der Waals surface area (Å²) in [5.41, 5.74) is 2.91. The molecule has 0 fully saturated rings. The molecule has 0 aliphatic heterocycles. The highest BCUT2D eigenvalue weighted by Gasteiger charge is 2.21. The van der Waals surface area contributed by atoms with Gasteiger partial charge in [-0.15, -0.1) is 0 Å². The van der Waals surface area contributed by atoms with Crippen molar-refractivity contribution in [1.29, 1.82) is 0 Å². The first-order chi connectivity index (χ1) is 10.9. The molecule has 0 unspecified atom stereocenters. The largest absolute Gasteiger partial charge is 0.322 e. The number of nitrogens with one attached hydrogen (secondary N) is 1. The van der Waals surface area contributed by atoms with Crippen LogP contribution < -0.4 is 5.32 Å². The second kappa shape index (κ2) is 6.96. The Bertz CT molecular complexity index is 826. The van der Waals surface area contributed by atoms with E-state index in [1.165, 1.54) is 6.07 Å². The highest BCUT2D eigenvalue weighted by atomic mass is 32.2. The van der Waals surface area contributed by atoms with Gasteiger partial charge < -0.3 is 5.32 Å². The number of rotatable bonds is 5. The average molecular weight is 331 g/mol. The van der Waals surface area contributed by atoms with Crippen molar-refractivity contribution in [1.82, 2.24) is 0 Å². The Morgan fingerprint density at radius 1 is 1.04 bits per heavy atom. The Morgan fingerprint density at radius 3 is 2.43 bits per heavy atom. The standard InChI is InChI=1S/C18H21NO3S/c1-4-12-23(21,22)17-11-6-5-9-15(17)18(20)19-16-10-7-8-13(2)14(16)3/h5-11H,4,12H2,1-3H3,(H,19,20). The minimum atomic E-state index is -3.46. The molecule has 0 bridgehead atoms. The number of anilines is 1. The molecule has 23 heavy (non-hydrogen) atoms. The van der Waals surface area contributed by atoms with Gasteiger partial charge in [0.05, 0.1) is 16.2 Å². The van der Waals surface area contributed by atoms with Gasteiger partial charge in [-0.1, -0.05) is 31.2 Å². The van der Waals surface area contributed by atoms with Gasteiger partial charge in [-0.05, 0) is 49.6 Å². The molecule has 1 N–H and O–H groups in total. The molecule has 0 radical (unpaired) electrons. The first-order valence-corrected chi connectivity index (χ1v) is 9.21. The molecular weight excluding hydrogens is 310 g/mol. The van der Waals surface area contributed by atoms with E-state index in [1.54, 1.807) is 25.1 Å². The second-order valence-corrected chi connectivity index (χ2v) is 7.59. The maximum Gasteiger partial charge on any atom is 0.256 e. The maximum atomic E-state index is 12.6. The lowest BCUT2D eigenvalue weighted by Gasteiger charge is -2.13. The summed E-state index contributed by atoms with van der Waals surface area (Å²) >= 11 is 0. The number of aryl methyl sites for hydroxylation is 1. The normalized spacial score (nSPS) is 11.3. The number of amides is 1. The molecular formula is C18H21NO3S. The van der Waals surface area contributed by atoms with Crippen LogP contribution in [0.4, 0.5) is 5.69 Å². The Labute approximate surface area is 137 Å². The predicted octanol–water partition coefficient (Wildman–Crippen LogP) is 3.74. The summed E-state index contributed by atoms with van der Waals surface area (Å²) in [6.07, 6.45) is 0.509. The zero-order valence-electron chi connectivity index (χ0n) is 13.6. The fourth-order valence-corrected chi connectivity index (χ4v) is 3.92. The van der Waals surface area contributed by atoms with E-state index in [2.05, 4.69) is 5.32 Å². The number of hydrogen-bond acceptors (Lipinski definition) is 3. The van der Waals surface area contributed by atoms with Gasteiger partial charge in [0.2, 0.25) is 0 Å². The van der Waals surface area contributed by atoms with Gasteiger partial charge in [0, 0.05) is 5.69 Å². The summed E-state index contributed by atoms with van der Waals surface area (Å²) < 4.78 is 24.7. The van der Waals surface area contributed by atoms with Crippen LogP contribution in [-0.2, 0) is 9.84 Å². The van der Waals surface area contributed by atoms with E-state index in [4.69, 9.17) is 0 Å². The van der Waals surface area contributed by atoms with E-state index in [0.29, 0.717) is 12.1 Å². The number of carbonyl (C=O) groups is 1. The summed E-state index contributed by atoms with van der Waals surface area (Å²) in [5, 5.41) is 2.82. The monoisotopic (exact) mass is 331 g/mol. The molecule has 0 aromatic heterocycles. The molecule has 5 heteroatoms. The van der Waals surface area contributed by atoms with Crippen molar-refractivity contribution >= 4 is 21.4 Å². The molecule has 0 spiro atoms. The van der Waals surface area contributed by atoms with E-state index in [-0.39, 0.29) is 16.2 Å². The van der Waals surface area contributed by atoms with Crippen LogP contribution in [0.5, 0.6) is 0 Å². The van der Waals surface area contributed by atoms with Crippen molar-refractivity contribution in [2.75, 3.05) is 11.1 Å². The summed E-state index contributed by atoms with van der Waals surface area (Å²) in [6, 6.07) is 12.0. The molecule has 122 valence electrons. The van der Waals surface area contributed by atoms with Crippen LogP contribution in [0.1, 0.15) is 34.8 Å². The van der Waals surface area contributed by atoms with Crippen molar-refractivity contribution in [3.05, 3.63) is 59.2 Å². The van der Waals surface area contributed by atoms with E-state index < -0.39 is 15.7 Å². The van der Waals surface area contributed by atoms with Crippen molar-refractivity contribution in [3.8, 4) is 0 Å². The Kier molecular flexibility index (Phi) is 5.21. The van der Waals surface area contributed by atoms with Crippen molar-refractivity contribution < 1.29 is 13.2 Å². The molecule has 0 aliphatic rings. The average Bonchev–Trinajstić information content (AvgIpc) is 2.52. The minimum Gasteiger partial charge on any atom is -0.322 e. The first kappa shape index (κ1) is 17.2. The third kappa shape index (κ3) is 3.79. The third-order valence-electron chi connectivity index (χ3n) is 3.79. The van der Waals surface area contributed by atoms with E-state index >= 15 is 0 Å². The van der Waals surface area contributed by atoms with Gasteiger partial charge in [-0.2, -0.15) is 0 Å². The molecule has 0 saturated heterocycles. The summed E-state index contributed by atoms with van der Waals surface area (Å²) in [5.74, 6) is -0.380. The molecule has 0 atom stereocenters. The van der Waals surface area contributed by atoms with Gasteiger partial charge in [0.1, 0.15) is 0 Å². The molecule has 2 rings (SSSR count). The van der Waals surface area contributed by atoms with Crippen LogP contribution in [0, 0.1) is 13.8 Å². The van der Waals surface area contributed by atoms with Crippen molar-refractivity contribution in [2.45, 2.75) is 32.1 Å². The van der Waals surface area contributed by atoms with Gasteiger partial charge in [0.15, 0.2) is 9.84 Å². The molecule has 4 nitrogen and oxygen atoms in total. The minimum absolute atomic E-state index is 0.0285. The number of benzene rings is 2. The van der Waals surface area contributed by atoms with Crippen LogP contribution in [0.25, 0.3) is 0 Å². The van der Waals surface area contributed by atoms with Crippen molar-refractivity contribution in [2.24, 2.45) is 0 Å². The quantitative estimate of drug-likeness (QED) is 0.908. The lowest BCUT2D eigenvalue weighted by Crippen LogP contribution is -2.18. The SMILES string of the molecule is CCCS(=O)(=O)c1ccccc1C(=O)Nc1cccc(C)c1C. The summed E-state index contributed by atoms with van der Waals surface area (Å²) in [7, 11) is -3.46. The number of sulfone groups is 1. The Morgan fingerprint density at radius 2 is 1.74 bits per heavy atom. The molecule has 0 aliphatic carbocycles. The molecule has 2 aromatic rings. The lowest BCUT2D eigenvalue weighted by atomic mass is 10.1. The molecule has 1 amide bonds. The topological polar surface area (TPSA) is 63.2 Å². The predicted molar refractivity (Wildman–Crippen MR) is 92.7 cm³/mol. The van der Waals surface area contributed by atoms with Gasteiger partial charge >= 0.3 is 0 Å². The van der Waals surface area contributed by atoms with E-state index in [0.717, 1.165) is 11.1 Å². The third-order valence-corrected chi connectivity index (χ3v) is 5.76. The van der Waals surface area contributed by atoms with Crippen molar-refractivity contribution in [3.63, 3.8) is 0 Å². The fourth-order valence-electron chi connectivity index (χ4n) is 2.38. The maximum absolute atomic E-state index is 12.6. The van der Waals surface area contributed by atoms with Crippen LogP contribution in [0.15, 0.2) is 47.4 Å². The molecule has 0 heterocycles. The fraction of sp³-hybridized carbons (Fsp3) is 0.278. The second-order valence-electron chi connectivity index (χ2n) is 5.52. The molecule has 2 aromatic carbocycles. The van der Waals surface area contributed by atoms with Crippen LogP contribution in [0.2, 0.25) is 0 Å². The first-order valence-electron chi connectivity index (χ1n) is 7.56. The van der Waals surface area contributed by atoms with Crippen LogP contribution in [0.3, 0.4) is 0 Å². The summed E-state index contributed by atoms with van der Waals surface area (Å²) in [4.78, 5) is 12.7. The summed E-state index contributed by atoms with van der Waals surface area (Å²) in [6.45, 7) is 5.69. The van der Waals surface area contributed by atoms with Gasteiger partial charge in [-0.3, -0.25) is 4.79 Å². The highest BCUT2D eigenvalue weighted by Crippen LogP contribution is 2.22. The van der Waals surface area contributed by atoms with Gasteiger partial charge in [0.25, 0.3) is 5.91 Å². The zero-order chi connectivity index (χ0) is 17.0. The smallest absolute Gasteiger partial charge is 0.256 e. The van der Waals surface area contributed by atoms with Crippen LogP contribution >= 0.6 is 0 Å². The Hall–Kier alpha value is -2.14.